The zero-order valence-electron chi connectivity index (χ0n) is 7.20. The van der Waals surface area contributed by atoms with E-state index in [1.165, 1.54) is 0 Å². The third-order valence-corrected chi connectivity index (χ3v) is 1.72. The summed E-state index contributed by atoms with van der Waals surface area (Å²) in [6.45, 7) is 0. The first-order valence-electron chi connectivity index (χ1n) is 3.85. The number of para-hydroxylation sites is 1. The van der Waals surface area contributed by atoms with Gasteiger partial charge in [0.25, 0.3) is 5.91 Å². The molecular weight excluding hydrogens is 200 g/mol. The average molecular weight is 207 g/mol. The first kappa shape index (κ1) is 10.3. The molecule has 0 radical (unpaired) electrons. The first-order chi connectivity index (χ1) is 6.74. The van der Waals surface area contributed by atoms with Crippen LogP contribution in [0.4, 0.5) is 5.69 Å². The highest BCUT2D eigenvalue weighted by molar-refractivity contribution is 6.44. The molecule has 0 aliphatic carbocycles. The van der Waals surface area contributed by atoms with Crippen molar-refractivity contribution in [3.05, 3.63) is 41.4 Å². The van der Waals surface area contributed by atoms with Gasteiger partial charge in [0.2, 0.25) is 0 Å². The second-order valence-electron chi connectivity index (χ2n) is 2.44. The van der Waals surface area contributed by atoms with Crippen LogP contribution in [0.5, 0.6) is 0 Å². The second kappa shape index (κ2) is 5.05. The summed E-state index contributed by atoms with van der Waals surface area (Å²) in [7, 11) is 0. The molecule has 0 unspecified atom stereocenters. The summed E-state index contributed by atoms with van der Waals surface area (Å²) in [6.07, 6.45) is 0.986. The van der Waals surface area contributed by atoms with Gasteiger partial charge in [0, 0.05) is 11.8 Å². The van der Waals surface area contributed by atoms with Gasteiger partial charge in [-0.25, -0.2) is 0 Å². The number of amides is 1. The van der Waals surface area contributed by atoms with Crippen LogP contribution in [-0.4, -0.2) is 5.91 Å². The third-order valence-electron chi connectivity index (χ3n) is 1.44. The Bertz CT molecular complexity index is 392. The Morgan fingerprint density at radius 2 is 2.07 bits per heavy atom. The van der Waals surface area contributed by atoms with Crippen LogP contribution in [0.2, 0.25) is 0 Å². The van der Waals surface area contributed by atoms with Crippen LogP contribution >= 0.6 is 11.6 Å². The van der Waals surface area contributed by atoms with Gasteiger partial charge in [0.05, 0.1) is 6.07 Å². The Hall–Kier alpha value is -1.79. The van der Waals surface area contributed by atoms with Crippen LogP contribution < -0.4 is 5.32 Å². The average Bonchev–Trinajstić information content (AvgIpc) is 2.19. The molecule has 1 aromatic carbocycles. The summed E-state index contributed by atoms with van der Waals surface area (Å²) in [5.74, 6) is -0.487. The van der Waals surface area contributed by atoms with Gasteiger partial charge < -0.3 is 5.32 Å². The SMILES string of the molecule is N#C/C=C(\Cl)C(=O)Nc1ccccc1. The number of anilines is 1. The number of nitriles is 1. The number of nitrogens with zero attached hydrogens (tertiary/aromatic N) is 1. The highest BCUT2D eigenvalue weighted by Crippen LogP contribution is 2.09. The molecule has 0 heterocycles. The number of carbonyl (C=O) groups is 1. The molecule has 3 nitrogen and oxygen atoms in total. The summed E-state index contributed by atoms with van der Waals surface area (Å²) < 4.78 is 0. The molecule has 0 aliphatic heterocycles. The van der Waals surface area contributed by atoms with E-state index in [9.17, 15) is 4.79 Å². The molecule has 70 valence electrons. The van der Waals surface area contributed by atoms with E-state index in [4.69, 9.17) is 16.9 Å². The topological polar surface area (TPSA) is 52.9 Å². The lowest BCUT2D eigenvalue weighted by molar-refractivity contribution is -0.112. The zero-order valence-corrected chi connectivity index (χ0v) is 7.95. The fourth-order valence-corrected chi connectivity index (χ4v) is 0.931. The lowest BCUT2D eigenvalue weighted by Gasteiger charge is -2.01. The maximum atomic E-state index is 11.2. The first-order valence-corrected chi connectivity index (χ1v) is 4.23. The molecule has 0 fully saturated rings. The molecule has 0 saturated carbocycles. The van der Waals surface area contributed by atoms with Crippen LogP contribution in [0.25, 0.3) is 0 Å². The Balaban J connectivity index is 2.68. The molecule has 0 atom stereocenters. The van der Waals surface area contributed by atoms with E-state index in [1.54, 1.807) is 30.3 Å². The Labute approximate surface area is 86.6 Å². The normalized spacial score (nSPS) is 10.4. The van der Waals surface area contributed by atoms with Gasteiger partial charge in [0.1, 0.15) is 5.03 Å². The zero-order chi connectivity index (χ0) is 10.4. The van der Waals surface area contributed by atoms with Crippen molar-refractivity contribution < 1.29 is 4.79 Å². The summed E-state index contributed by atoms with van der Waals surface area (Å²) in [4.78, 5) is 11.2. The van der Waals surface area contributed by atoms with Gasteiger partial charge in [-0.15, -0.1) is 0 Å². The number of hydrogen-bond acceptors (Lipinski definition) is 2. The maximum absolute atomic E-state index is 11.2. The van der Waals surface area contributed by atoms with Crippen LogP contribution in [0, 0.1) is 11.3 Å². The second-order valence-corrected chi connectivity index (χ2v) is 2.85. The smallest absolute Gasteiger partial charge is 0.267 e. The van der Waals surface area contributed by atoms with Crippen LogP contribution in [-0.2, 0) is 4.79 Å². The molecule has 0 aromatic heterocycles. The van der Waals surface area contributed by atoms with Crippen molar-refractivity contribution in [2.75, 3.05) is 5.32 Å². The summed E-state index contributed by atoms with van der Waals surface area (Å²) >= 11 is 5.51. The quantitative estimate of drug-likeness (QED) is 0.596. The van der Waals surface area contributed by atoms with Gasteiger partial charge in [0.15, 0.2) is 0 Å². The molecule has 4 heteroatoms. The molecule has 0 spiro atoms. The van der Waals surface area contributed by atoms with E-state index in [0.29, 0.717) is 5.69 Å². The number of nitrogens with one attached hydrogen (secondary N) is 1. The highest BCUT2D eigenvalue weighted by Gasteiger charge is 2.05. The number of benzene rings is 1. The maximum Gasteiger partial charge on any atom is 0.267 e. The lowest BCUT2D eigenvalue weighted by Crippen LogP contribution is -2.11. The molecule has 1 rings (SSSR count). The predicted molar refractivity (Wildman–Crippen MR) is 54.6 cm³/mol. The van der Waals surface area contributed by atoms with E-state index in [0.717, 1.165) is 6.08 Å². The van der Waals surface area contributed by atoms with Gasteiger partial charge in [-0.3, -0.25) is 4.79 Å². The number of carbonyl (C=O) groups excluding carboxylic acids is 1. The predicted octanol–water partition coefficient (Wildman–Crippen LogP) is 2.27. The molecule has 0 bridgehead atoms. The van der Waals surface area contributed by atoms with Crippen LogP contribution in [0.3, 0.4) is 0 Å². The lowest BCUT2D eigenvalue weighted by atomic mass is 10.3. The molecule has 0 saturated heterocycles. The Kier molecular flexibility index (Phi) is 3.71. The largest absolute Gasteiger partial charge is 0.321 e. The van der Waals surface area contributed by atoms with E-state index in [1.807, 2.05) is 6.07 Å². The molecule has 14 heavy (non-hydrogen) atoms. The van der Waals surface area contributed by atoms with Crippen molar-refractivity contribution in [2.45, 2.75) is 0 Å². The Morgan fingerprint density at radius 1 is 1.43 bits per heavy atom. The summed E-state index contributed by atoms with van der Waals surface area (Å²) in [5, 5.41) is 10.7. The van der Waals surface area contributed by atoms with Crippen LogP contribution in [0.1, 0.15) is 0 Å². The molecule has 1 amide bonds. The van der Waals surface area contributed by atoms with Gasteiger partial charge >= 0.3 is 0 Å². The summed E-state index contributed by atoms with van der Waals surface area (Å²) in [5.41, 5.74) is 0.641. The minimum Gasteiger partial charge on any atom is -0.321 e. The number of hydrogen-bond donors (Lipinski definition) is 1. The number of allylic oxidation sites excluding steroid dienone is 1. The van der Waals surface area contributed by atoms with E-state index >= 15 is 0 Å². The van der Waals surface area contributed by atoms with Gasteiger partial charge in [-0.2, -0.15) is 5.26 Å². The molecule has 1 N–H and O–H groups in total. The summed E-state index contributed by atoms with van der Waals surface area (Å²) in [6, 6.07) is 10.6. The molecule has 0 aliphatic rings. The highest BCUT2D eigenvalue weighted by atomic mass is 35.5. The fourth-order valence-electron chi connectivity index (χ4n) is 0.835. The molecular formula is C10H7ClN2O. The Morgan fingerprint density at radius 3 is 2.64 bits per heavy atom. The van der Waals surface area contributed by atoms with Crippen molar-refractivity contribution >= 4 is 23.2 Å². The van der Waals surface area contributed by atoms with Gasteiger partial charge in [-0.1, -0.05) is 29.8 Å². The van der Waals surface area contributed by atoms with Crippen molar-refractivity contribution in [1.29, 1.82) is 5.26 Å². The van der Waals surface area contributed by atoms with Crippen LogP contribution in [0.15, 0.2) is 41.4 Å². The number of rotatable bonds is 2. The number of halogens is 1. The van der Waals surface area contributed by atoms with Gasteiger partial charge in [-0.05, 0) is 12.1 Å². The van der Waals surface area contributed by atoms with Crippen molar-refractivity contribution in [1.82, 2.24) is 0 Å². The minimum atomic E-state index is -0.487. The standard InChI is InChI=1S/C10H7ClN2O/c11-9(6-7-12)10(14)13-8-4-2-1-3-5-8/h1-6H,(H,13,14)/b9-6-. The molecule has 1 aromatic rings. The van der Waals surface area contributed by atoms with Crippen molar-refractivity contribution in [2.24, 2.45) is 0 Å². The van der Waals surface area contributed by atoms with E-state index in [2.05, 4.69) is 5.32 Å². The third kappa shape index (κ3) is 2.92. The minimum absolute atomic E-state index is 0.128. The van der Waals surface area contributed by atoms with E-state index in [-0.39, 0.29) is 5.03 Å². The van der Waals surface area contributed by atoms with E-state index < -0.39 is 5.91 Å². The fraction of sp³-hybridized carbons (Fsp3) is 0. The van der Waals surface area contributed by atoms with Crippen molar-refractivity contribution in [3.63, 3.8) is 0 Å². The monoisotopic (exact) mass is 206 g/mol. The van der Waals surface area contributed by atoms with Crippen molar-refractivity contribution in [3.8, 4) is 6.07 Å².